The predicted molar refractivity (Wildman–Crippen MR) is 75.6 cm³/mol. The summed E-state index contributed by atoms with van der Waals surface area (Å²) in [6.45, 7) is 6.26. The predicted octanol–water partition coefficient (Wildman–Crippen LogP) is 4.35. The van der Waals surface area contributed by atoms with Crippen molar-refractivity contribution < 1.29 is 0 Å². The van der Waals surface area contributed by atoms with E-state index in [9.17, 15) is 0 Å². The number of nitrogens with two attached hydrogens (primary N) is 1. The monoisotopic (exact) mass is 243 g/mol. The Morgan fingerprint density at radius 1 is 0.882 bits per heavy atom. The van der Waals surface area contributed by atoms with E-state index in [1.165, 1.54) is 20.9 Å². The normalized spacial score (nSPS) is 10.5. The second-order valence-electron chi connectivity index (χ2n) is 4.39. The summed E-state index contributed by atoms with van der Waals surface area (Å²) in [7, 11) is 0. The zero-order chi connectivity index (χ0) is 12.4. The van der Waals surface area contributed by atoms with Gasteiger partial charge in [0.1, 0.15) is 0 Å². The van der Waals surface area contributed by atoms with Crippen LogP contribution in [0.5, 0.6) is 0 Å². The zero-order valence-electron chi connectivity index (χ0n) is 10.4. The lowest BCUT2D eigenvalue weighted by Gasteiger charge is -2.09. The molecule has 2 rings (SSSR count). The van der Waals surface area contributed by atoms with Crippen molar-refractivity contribution in [2.75, 3.05) is 5.73 Å². The summed E-state index contributed by atoms with van der Waals surface area (Å²) in [5.74, 6) is 0. The fourth-order valence-electron chi connectivity index (χ4n) is 1.66. The maximum atomic E-state index is 5.89. The largest absolute Gasteiger partial charge is 0.399 e. The third kappa shape index (κ3) is 2.83. The molecular formula is C15H17NS. The molecule has 2 heteroatoms. The van der Waals surface area contributed by atoms with Gasteiger partial charge in [0.25, 0.3) is 0 Å². The van der Waals surface area contributed by atoms with Crippen LogP contribution < -0.4 is 5.73 Å². The molecule has 1 nitrogen and oxygen atoms in total. The van der Waals surface area contributed by atoms with Gasteiger partial charge in [-0.3, -0.25) is 0 Å². The molecule has 2 aromatic carbocycles. The summed E-state index contributed by atoms with van der Waals surface area (Å²) in [4.78, 5) is 2.54. The summed E-state index contributed by atoms with van der Waals surface area (Å²) >= 11 is 1.79. The molecule has 88 valence electrons. The highest BCUT2D eigenvalue weighted by atomic mass is 32.2. The van der Waals surface area contributed by atoms with Gasteiger partial charge in [0.2, 0.25) is 0 Å². The average molecular weight is 243 g/mol. The van der Waals surface area contributed by atoms with Crippen molar-refractivity contribution >= 4 is 17.4 Å². The van der Waals surface area contributed by atoms with E-state index in [-0.39, 0.29) is 0 Å². The van der Waals surface area contributed by atoms with Gasteiger partial charge in [-0.15, -0.1) is 0 Å². The Hall–Kier alpha value is -1.41. The molecule has 0 aliphatic carbocycles. The maximum absolute atomic E-state index is 5.89. The van der Waals surface area contributed by atoms with E-state index in [1.807, 2.05) is 13.0 Å². The molecule has 0 saturated heterocycles. The molecule has 17 heavy (non-hydrogen) atoms. The highest BCUT2D eigenvalue weighted by Gasteiger charge is 2.04. The van der Waals surface area contributed by atoms with Crippen LogP contribution in [0.2, 0.25) is 0 Å². The summed E-state index contributed by atoms with van der Waals surface area (Å²) in [5.41, 5.74) is 10.4. The standard InChI is InChI=1S/C15H17NS/c1-10-4-6-13(7-5-10)17-15-9-11(2)14(16)8-12(15)3/h4-9H,16H2,1-3H3. The molecule has 0 bridgehead atoms. The van der Waals surface area contributed by atoms with Gasteiger partial charge in [-0.2, -0.15) is 0 Å². The fraction of sp³-hybridized carbons (Fsp3) is 0.200. The van der Waals surface area contributed by atoms with E-state index in [4.69, 9.17) is 5.73 Å². The lowest BCUT2D eigenvalue weighted by atomic mass is 10.1. The molecule has 0 fully saturated rings. The molecule has 0 aromatic heterocycles. The molecular weight excluding hydrogens is 226 g/mol. The minimum atomic E-state index is 0.871. The van der Waals surface area contributed by atoms with Crippen molar-refractivity contribution in [3.8, 4) is 0 Å². The number of nitrogen functional groups attached to an aromatic ring is 1. The van der Waals surface area contributed by atoms with Gasteiger partial charge in [0, 0.05) is 15.5 Å². The highest BCUT2D eigenvalue weighted by molar-refractivity contribution is 7.99. The van der Waals surface area contributed by atoms with Crippen LogP contribution in [0.15, 0.2) is 46.2 Å². The molecule has 2 N–H and O–H groups in total. The summed E-state index contributed by atoms with van der Waals surface area (Å²) in [6.07, 6.45) is 0. The molecule has 0 atom stereocenters. The Kier molecular flexibility index (Phi) is 3.43. The SMILES string of the molecule is Cc1ccc(Sc2cc(C)c(N)cc2C)cc1. The van der Waals surface area contributed by atoms with E-state index in [0.29, 0.717) is 0 Å². The van der Waals surface area contributed by atoms with E-state index in [0.717, 1.165) is 11.3 Å². The first-order valence-corrected chi connectivity index (χ1v) is 6.49. The van der Waals surface area contributed by atoms with Crippen LogP contribution in [0.4, 0.5) is 5.69 Å². The summed E-state index contributed by atoms with van der Waals surface area (Å²) < 4.78 is 0. The first-order valence-electron chi connectivity index (χ1n) is 5.67. The van der Waals surface area contributed by atoms with Crippen LogP contribution >= 0.6 is 11.8 Å². The van der Waals surface area contributed by atoms with Crippen molar-refractivity contribution in [2.24, 2.45) is 0 Å². The van der Waals surface area contributed by atoms with E-state index in [1.54, 1.807) is 11.8 Å². The summed E-state index contributed by atoms with van der Waals surface area (Å²) in [5, 5.41) is 0. The number of anilines is 1. The van der Waals surface area contributed by atoms with Gasteiger partial charge in [0.15, 0.2) is 0 Å². The highest BCUT2D eigenvalue weighted by Crippen LogP contribution is 2.32. The van der Waals surface area contributed by atoms with Crippen molar-refractivity contribution in [1.82, 2.24) is 0 Å². The van der Waals surface area contributed by atoms with Gasteiger partial charge in [-0.05, 0) is 56.2 Å². The van der Waals surface area contributed by atoms with Crippen molar-refractivity contribution in [3.05, 3.63) is 53.1 Å². The van der Waals surface area contributed by atoms with Crippen LogP contribution in [0.3, 0.4) is 0 Å². The van der Waals surface area contributed by atoms with Gasteiger partial charge < -0.3 is 5.73 Å². The maximum Gasteiger partial charge on any atom is 0.0347 e. The van der Waals surface area contributed by atoms with Crippen molar-refractivity contribution in [3.63, 3.8) is 0 Å². The molecule has 0 spiro atoms. The summed E-state index contributed by atoms with van der Waals surface area (Å²) in [6, 6.07) is 12.8. The Morgan fingerprint density at radius 2 is 1.53 bits per heavy atom. The second kappa shape index (κ2) is 4.84. The molecule has 0 unspecified atom stereocenters. The van der Waals surface area contributed by atoms with Crippen LogP contribution in [-0.4, -0.2) is 0 Å². The quantitative estimate of drug-likeness (QED) is 0.794. The molecule has 0 saturated carbocycles. The second-order valence-corrected chi connectivity index (χ2v) is 5.50. The minimum Gasteiger partial charge on any atom is -0.399 e. The number of hydrogen-bond acceptors (Lipinski definition) is 2. The Labute approximate surface area is 107 Å². The minimum absolute atomic E-state index is 0.871. The Morgan fingerprint density at radius 3 is 2.18 bits per heavy atom. The van der Waals surface area contributed by atoms with Gasteiger partial charge in [-0.25, -0.2) is 0 Å². The first kappa shape index (κ1) is 12.1. The molecule has 2 aromatic rings. The van der Waals surface area contributed by atoms with Crippen LogP contribution in [0.1, 0.15) is 16.7 Å². The molecule has 0 heterocycles. The van der Waals surface area contributed by atoms with Gasteiger partial charge in [-0.1, -0.05) is 29.5 Å². The Bertz CT molecular complexity index is 529. The van der Waals surface area contributed by atoms with Gasteiger partial charge in [0.05, 0.1) is 0 Å². The lowest BCUT2D eigenvalue weighted by Crippen LogP contribution is -1.92. The number of aryl methyl sites for hydroxylation is 3. The molecule has 0 aliphatic heterocycles. The number of benzene rings is 2. The number of hydrogen-bond donors (Lipinski definition) is 1. The molecule has 0 aliphatic rings. The van der Waals surface area contributed by atoms with E-state index >= 15 is 0 Å². The third-order valence-electron chi connectivity index (χ3n) is 2.81. The lowest BCUT2D eigenvalue weighted by molar-refractivity contribution is 1.26. The average Bonchev–Trinajstić information content (AvgIpc) is 2.29. The Balaban J connectivity index is 2.30. The van der Waals surface area contributed by atoms with Crippen molar-refractivity contribution in [2.45, 2.75) is 30.6 Å². The topological polar surface area (TPSA) is 26.0 Å². The molecule has 0 radical (unpaired) electrons. The van der Waals surface area contributed by atoms with Crippen LogP contribution in [0.25, 0.3) is 0 Å². The number of rotatable bonds is 2. The van der Waals surface area contributed by atoms with E-state index in [2.05, 4.69) is 44.2 Å². The van der Waals surface area contributed by atoms with Crippen LogP contribution in [0, 0.1) is 20.8 Å². The molecule has 0 amide bonds. The smallest absolute Gasteiger partial charge is 0.0347 e. The fourth-order valence-corrected chi connectivity index (χ4v) is 2.64. The van der Waals surface area contributed by atoms with Crippen LogP contribution in [-0.2, 0) is 0 Å². The third-order valence-corrected chi connectivity index (χ3v) is 3.98. The van der Waals surface area contributed by atoms with Crippen molar-refractivity contribution in [1.29, 1.82) is 0 Å². The first-order chi connectivity index (χ1) is 8.06. The zero-order valence-corrected chi connectivity index (χ0v) is 11.3. The van der Waals surface area contributed by atoms with Gasteiger partial charge >= 0.3 is 0 Å². The van der Waals surface area contributed by atoms with E-state index < -0.39 is 0 Å².